The van der Waals surface area contributed by atoms with E-state index < -0.39 is 11.9 Å². The molecule has 0 aliphatic rings. The molecule has 6 nitrogen and oxygen atoms in total. The normalized spacial score (nSPS) is 8.56. The Bertz CT molecular complexity index is 313. The highest BCUT2D eigenvalue weighted by Gasteiger charge is 2.04. The lowest BCUT2D eigenvalue weighted by Gasteiger charge is -2.02. The first-order valence-corrected chi connectivity index (χ1v) is 4.49. The first-order chi connectivity index (χ1) is 7.57. The van der Waals surface area contributed by atoms with Crippen LogP contribution in [0.1, 0.15) is 6.92 Å². The van der Waals surface area contributed by atoms with Gasteiger partial charge in [-0.25, -0.2) is 9.59 Å². The fourth-order valence-corrected chi connectivity index (χ4v) is 0.644. The van der Waals surface area contributed by atoms with Gasteiger partial charge in [0, 0.05) is 6.54 Å². The lowest BCUT2D eigenvalue weighted by Crippen LogP contribution is -2.16. The summed E-state index contributed by atoms with van der Waals surface area (Å²) in [5.74, 6) is -2.80. The molecule has 0 radical (unpaired) electrons. The molecule has 1 rings (SSSR count). The standard InChI is InChI=1S/C8H11NO.C2H2O4/c1-2-9-10-8-6-4-3-5-7-8;3-1(4)2(5)6/h3-7,9H,2H2,1H3;(H,3,4)(H,5,6). The van der Waals surface area contributed by atoms with E-state index in [1.807, 2.05) is 37.3 Å². The summed E-state index contributed by atoms with van der Waals surface area (Å²) in [6.07, 6.45) is 0. The third-order valence-electron chi connectivity index (χ3n) is 1.26. The minimum Gasteiger partial charge on any atom is -0.473 e. The molecule has 0 bridgehead atoms. The van der Waals surface area contributed by atoms with Gasteiger partial charge < -0.3 is 15.1 Å². The fourth-order valence-electron chi connectivity index (χ4n) is 0.644. The molecule has 0 aliphatic heterocycles. The molecule has 0 spiro atoms. The van der Waals surface area contributed by atoms with Gasteiger partial charge in [-0.3, -0.25) is 0 Å². The van der Waals surface area contributed by atoms with E-state index in [2.05, 4.69) is 5.48 Å². The van der Waals surface area contributed by atoms with Crippen molar-refractivity contribution in [2.24, 2.45) is 0 Å². The Kier molecular flexibility index (Phi) is 7.17. The Morgan fingerprint density at radius 1 is 1.19 bits per heavy atom. The predicted molar refractivity (Wildman–Crippen MR) is 56.0 cm³/mol. The van der Waals surface area contributed by atoms with Crippen molar-refractivity contribution in [2.75, 3.05) is 6.54 Å². The maximum atomic E-state index is 9.10. The number of hydrogen-bond donors (Lipinski definition) is 3. The van der Waals surface area contributed by atoms with Gasteiger partial charge in [-0.2, -0.15) is 5.48 Å². The minimum atomic E-state index is -1.82. The number of carboxylic acids is 2. The topological polar surface area (TPSA) is 95.9 Å². The van der Waals surface area contributed by atoms with E-state index in [9.17, 15) is 0 Å². The zero-order chi connectivity index (χ0) is 12.4. The van der Waals surface area contributed by atoms with Crippen LogP contribution in [0.5, 0.6) is 5.75 Å². The summed E-state index contributed by atoms with van der Waals surface area (Å²) in [5, 5.41) is 14.8. The van der Waals surface area contributed by atoms with Gasteiger partial charge >= 0.3 is 11.9 Å². The highest BCUT2D eigenvalue weighted by atomic mass is 16.6. The molecule has 0 atom stereocenters. The van der Waals surface area contributed by atoms with E-state index in [1.54, 1.807) is 0 Å². The highest BCUT2D eigenvalue weighted by Crippen LogP contribution is 2.05. The lowest BCUT2D eigenvalue weighted by molar-refractivity contribution is -0.159. The second kappa shape index (κ2) is 8.25. The average molecular weight is 227 g/mol. The van der Waals surface area contributed by atoms with Crippen LogP contribution in [-0.2, 0) is 9.59 Å². The number of benzene rings is 1. The van der Waals surface area contributed by atoms with Gasteiger partial charge in [-0.15, -0.1) is 0 Å². The number of aliphatic carboxylic acids is 2. The van der Waals surface area contributed by atoms with Crippen LogP contribution in [0.25, 0.3) is 0 Å². The molecule has 0 aliphatic carbocycles. The van der Waals surface area contributed by atoms with E-state index >= 15 is 0 Å². The molecule has 1 aromatic carbocycles. The number of hydrogen-bond acceptors (Lipinski definition) is 4. The Morgan fingerprint density at radius 2 is 1.69 bits per heavy atom. The van der Waals surface area contributed by atoms with Gasteiger partial charge in [0.2, 0.25) is 0 Å². The summed E-state index contributed by atoms with van der Waals surface area (Å²) in [4.78, 5) is 23.3. The quantitative estimate of drug-likeness (QED) is 0.520. The second-order valence-corrected chi connectivity index (χ2v) is 2.52. The van der Waals surface area contributed by atoms with Crippen molar-refractivity contribution in [1.82, 2.24) is 5.48 Å². The third kappa shape index (κ3) is 7.34. The summed E-state index contributed by atoms with van der Waals surface area (Å²) >= 11 is 0. The molecule has 0 aromatic heterocycles. The molecular weight excluding hydrogens is 214 g/mol. The zero-order valence-electron chi connectivity index (χ0n) is 8.71. The predicted octanol–water partition coefficient (Wildman–Crippen LogP) is 0.746. The van der Waals surface area contributed by atoms with Gasteiger partial charge in [0.05, 0.1) is 0 Å². The first kappa shape index (κ1) is 13.9. The molecule has 0 fully saturated rings. The monoisotopic (exact) mass is 227 g/mol. The van der Waals surface area contributed by atoms with Gasteiger partial charge in [0.1, 0.15) is 5.75 Å². The minimum absolute atomic E-state index is 0.814. The maximum Gasteiger partial charge on any atom is 0.414 e. The summed E-state index contributed by atoms with van der Waals surface area (Å²) < 4.78 is 0. The van der Waals surface area contributed by atoms with Crippen molar-refractivity contribution in [3.05, 3.63) is 30.3 Å². The van der Waals surface area contributed by atoms with Gasteiger partial charge in [-0.05, 0) is 19.1 Å². The van der Waals surface area contributed by atoms with E-state index in [-0.39, 0.29) is 0 Å². The van der Waals surface area contributed by atoms with Crippen LogP contribution in [0.4, 0.5) is 0 Å². The molecule has 0 saturated heterocycles. The molecule has 0 saturated carbocycles. The molecule has 88 valence electrons. The SMILES string of the molecule is CCNOc1ccccc1.O=C(O)C(=O)O. The van der Waals surface area contributed by atoms with Crippen LogP contribution < -0.4 is 10.3 Å². The number of para-hydroxylation sites is 1. The molecule has 16 heavy (non-hydrogen) atoms. The molecule has 1 aromatic rings. The largest absolute Gasteiger partial charge is 0.473 e. The molecule has 0 unspecified atom stereocenters. The highest BCUT2D eigenvalue weighted by molar-refractivity contribution is 6.27. The van der Waals surface area contributed by atoms with Crippen molar-refractivity contribution in [1.29, 1.82) is 0 Å². The average Bonchev–Trinajstić information content (AvgIpc) is 2.28. The van der Waals surface area contributed by atoms with E-state index in [0.29, 0.717) is 0 Å². The van der Waals surface area contributed by atoms with E-state index in [1.165, 1.54) is 0 Å². The Hall–Kier alpha value is -2.08. The summed E-state index contributed by atoms with van der Waals surface area (Å²) in [5.41, 5.74) is 2.76. The van der Waals surface area contributed by atoms with Crippen LogP contribution >= 0.6 is 0 Å². The molecular formula is C10H13NO5. The van der Waals surface area contributed by atoms with Crippen molar-refractivity contribution in [3.63, 3.8) is 0 Å². The number of hydroxylamine groups is 1. The van der Waals surface area contributed by atoms with Crippen LogP contribution in [-0.4, -0.2) is 28.7 Å². The van der Waals surface area contributed by atoms with Crippen LogP contribution in [0, 0.1) is 0 Å². The third-order valence-corrected chi connectivity index (χ3v) is 1.26. The van der Waals surface area contributed by atoms with Crippen LogP contribution in [0.3, 0.4) is 0 Å². The Labute approximate surface area is 92.4 Å². The van der Waals surface area contributed by atoms with Gasteiger partial charge in [-0.1, -0.05) is 18.2 Å². The van der Waals surface area contributed by atoms with Gasteiger partial charge in [0.15, 0.2) is 0 Å². The first-order valence-electron chi connectivity index (χ1n) is 4.49. The van der Waals surface area contributed by atoms with E-state index in [0.717, 1.165) is 12.3 Å². The Balaban J connectivity index is 0.000000325. The number of rotatable bonds is 3. The van der Waals surface area contributed by atoms with Crippen molar-refractivity contribution in [3.8, 4) is 5.75 Å². The summed E-state index contributed by atoms with van der Waals surface area (Å²) in [6.45, 7) is 2.80. The molecule has 0 heterocycles. The van der Waals surface area contributed by atoms with Crippen LogP contribution in [0.2, 0.25) is 0 Å². The molecule has 3 N–H and O–H groups in total. The second-order valence-electron chi connectivity index (χ2n) is 2.52. The van der Waals surface area contributed by atoms with Crippen molar-refractivity contribution < 1.29 is 24.6 Å². The summed E-state index contributed by atoms with van der Waals surface area (Å²) in [6, 6.07) is 9.64. The number of carbonyl (C=O) groups is 2. The van der Waals surface area contributed by atoms with Gasteiger partial charge in [0.25, 0.3) is 0 Å². The van der Waals surface area contributed by atoms with E-state index in [4.69, 9.17) is 24.6 Å². The number of carboxylic acid groups (broad SMARTS) is 2. The zero-order valence-corrected chi connectivity index (χ0v) is 8.71. The van der Waals surface area contributed by atoms with Crippen molar-refractivity contribution in [2.45, 2.75) is 6.92 Å². The number of nitrogens with one attached hydrogen (secondary N) is 1. The van der Waals surface area contributed by atoms with Crippen molar-refractivity contribution >= 4 is 11.9 Å². The molecule has 6 heteroatoms. The lowest BCUT2D eigenvalue weighted by atomic mass is 10.3. The summed E-state index contributed by atoms with van der Waals surface area (Å²) in [7, 11) is 0. The maximum absolute atomic E-state index is 9.10. The molecule has 0 amide bonds. The van der Waals surface area contributed by atoms with Crippen LogP contribution in [0.15, 0.2) is 30.3 Å². The fraction of sp³-hybridized carbons (Fsp3) is 0.200. The smallest absolute Gasteiger partial charge is 0.414 e. The Morgan fingerprint density at radius 3 is 2.06 bits per heavy atom.